The summed E-state index contributed by atoms with van der Waals surface area (Å²) < 4.78 is 5.20. The summed E-state index contributed by atoms with van der Waals surface area (Å²) >= 11 is 0. The Labute approximate surface area is 168 Å². The molecular weight excluding hydrogens is 370 g/mol. The van der Waals surface area contributed by atoms with Gasteiger partial charge in [0.2, 0.25) is 0 Å². The van der Waals surface area contributed by atoms with E-state index in [0.29, 0.717) is 35.3 Å². The molecule has 0 fully saturated rings. The van der Waals surface area contributed by atoms with Gasteiger partial charge >= 0.3 is 5.97 Å². The number of aromatic amines is 1. The number of benzene rings is 2. The second kappa shape index (κ2) is 9.14. The van der Waals surface area contributed by atoms with E-state index in [1.165, 1.54) is 6.92 Å². The lowest BCUT2D eigenvalue weighted by molar-refractivity contribution is -0.153. The molecule has 3 rings (SSSR count). The van der Waals surface area contributed by atoms with Crippen LogP contribution < -0.4 is 10.9 Å². The maximum atomic E-state index is 12.2. The molecule has 29 heavy (non-hydrogen) atoms. The molecular formula is C22H23N3O4. The van der Waals surface area contributed by atoms with E-state index >= 15 is 0 Å². The number of fused-ring (bicyclic) bond motifs is 1. The largest absolute Gasteiger partial charge is 0.453 e. The molecule has 3 aromatic rings. The van der Waals surface area contributed by atoms with Crippen molar-refractivity contribution in [3.05, 3.63) is 70.3 Å². The smallest absolute Gasteiger partial charge is 0.306 e. The fraction of sp³-hybridized carbons (Fsp3) is 0.273. The molecule has 0 spiro atoms. The topological polar surface area (TPSA) is 101 Å². The molecule has 0 aliphatic heterocycles. The molecule has 7 heteroatoms. The number of H-pyrrole nitrogens is 1. The summed E-state index contributed by atoms with van der Waals surface area (Å²) in [5, 5.41) is 3.25. The molecule has 1 atom stereocenters. The SMILES string of the molecule is Cc1ccc(NC(=O)[C@@H](C)OC(=O)CCCc2nc3ccccc3c(=O)[nH]2)cc1. The Hall–Kier alpha value is -3.48. The van der Waals surface area contributed by atoms with Gasteiger partial charge in [0.1, 0.15) is 5.82 Å². The van der Waals surface area contributed by atoms with Gasteiger partial charge in [-0.25, -0.2) is 4.98 Å². The third-order valence-electron chi connectivity index (χ3n) is 4.45. The molecule has 0 radical (unpaired) electrons. The minimum atomic E-state index is -0.901. The van der Waals surface area contributed by atoms with Gasteiger partial charge in [-0.1, -0.05) is 29.8 Å². The van der Waals surface area contributed by atoms with E-state index in [1.54, 1.807) is 30.3 Å². The van der Waals surface area contributed by atoms with E-state index in [4.69, 9.17) is 4.74 Å². The number of nitrogens with zero attached hydrogens (tertiary/aromatic N) is 1. The number of carbonyl (C=O) groups excluding carboxylic acids is 2. The lowest BCUT2D eigenvalue weighted by atomic mass is 10.2. The van der Waals surface area contributed by atoms with E-state index < -0.39 is 12.1 Å². The number of hydrogen-bond acceptors (Lipinski definition) is 5. The van der Waals surface area contributed by atoms with Gasteiger partial charge in [0, 0.05) is 18.5 Å². The van der Waals surface area contributed by atoms with Crippen LogP contribution in [-0.4, -0.2) is 27.9 Å². The molecule has 150 valence electrons. The van der Waals surface area contributed by atoms with Crippen LogP contribution in [0.15, 0.2) is 53.3 Å². The van der Waals surface area contributed by atoms with Crippen molar-refractivity contribution >= 4 is 28.5 Å². The van der Waals surface area contributed by atoms with Crippen molar-refractivity contribution in [3.8, 4) is 0 Å². The Morgan fingerprint density at radius 1 is 1.14 bits per heavy atom. The third-order valence-corrected chi connectivity index (χ3v) is 4.45. The van der Waals surface area contributed by atoms with Gasteiger partial charge < -0.3 is 15.0 Å². The number of aromatic nitrogens is 2. The van der Waals surface area contributed by atoms with Crippen molar-refractivity contribution in [2.75, 3.05) is 5.32 Å². The quantitative estimate of drug-likeness (QED) is 0.601. The Kier molecular flexibility index (Phi) is 6.39. The zero-order valence-electron chi connectivity index (χ0n) is 16.4. The normalized spacial score (nSPS) is 11.8. The van der Waals surface area contributed by atoms with Crippen LogP contribution >= 0.6 is 0 Å². The number of amides is 1. The van der Waals surface area contributed by atoms with Crippen LogP contribution in [0.2, 0.25) is 0 Å². The van der Waals surface area contributed by atoms with E-state index in [1.807, 2.05) is 25.1 Å². The number of anilines is 1. The summed E-state index contributed by atoms with van der Waals surface area (Å²) in [6, 6.07) is 14.4. The van der Waals surface area contributed by atoms with Crippen molar-refractivity contribution in [1.29, 1.82) is 0 Å². The van der Waals surface area contributed by atoms with Crippen molar-refractivity contribution in [3.63, 3.8) is 0 Å². The average Bonchev–Trinajstić information content (AvgIpc) is 2.69. The first-order valence-electron chi connectivity index (χ1n) is 9.47. The number of aryl methyl sites for hydroxylation is 2. The number of nitrogens with one attached hydrogen (secondary N) is 2. The van der Waals surface area contributed by atoms with Gasteiger partial charge in [0.05, 0.1) is 10.9 Å². The second-order valence-electron chi connectivity index (χ2n) is 6.87. The van der Waals surface area contributed by atoms with E-state index in [9.17, 15) is 14.4 Å². The van der Waals surface area contributed by atoms with Crippen LogP contribution in [-0.2, 0) is 20.7 Å². The highest BCUT2D eigenvalue weighted by Gasteiger charge is 2.18. The highest BCUT2D eigenvalue weighted by Crippen LogP contribution is 2.11. The molecule has 0 unspecified atom stereocenters. The molecule has 0 saturated carbocycles. The van der Waals surface area contributed by atoms with Crippen LogP contribution in [0.5, 0.6) is 0 Å². The van der Waals surface area contributed by atoms with E-state index in [0.717, 1.165) is 5.56 Å². The van der Waals surface area contributed by atoms with Gasteiger partial charge in [-0.15, -0.1) is 0 Å². The van der Waals surface area contributed by atoms with Gasteiger partial charge in [-0.05, 0) is 44.5 Å². The molecule has 7 nitrogen and oxygen atoms in total. The Morgan fingerprint density at radius 2 is 1.86 bits per heavy atom. The van der Waals surface area contributed by atoms with Crippen molar-refractivity contribution < 1.29 is 14.3 Å². The monoisotopic (exact) mass is 393 g/mol. The summed E-state index contributed by atoms with van der Waals surface area (Å²) in [6.07, 6.45) is 0.104. The molecule has 1 aromatic heterocycles. The number of rotatable bonds is 7. The minimum absolute atomic E-state index is 0.124. The predicted octanol–water partition coefficient (Wildman–Crippen LogP) is 3.12. The molecule has 1 heterocycles. The maximum absolute atomic E-state index is 12.2. The molecule has 1 amide bonds. The lowest BCUT2D eigenvalue weighted by Gasteiger charge is -2.13. The zero-order chi connectivity index (χ0) is 20.8. The first-order valence-corrected chi connectivity index (χ1v) is 9.47. The zero-order valence-corrected chi connectivity index (χ0v) is 16.4. The van der Waals surface area contributed by atoms with Crippen molar-refractivity contribution in [1.82, 2.24) is 9.97 Å². The maximum Gasteiger partial charge on any atom is 0.306 e. The van der Waals surface area contributed by atoms with Crippen LogP contribution in [0.1, 0.15) is 31.2 Å². The van der Waals surface area contributed by atoms with E-state index in [-0.39, 0.29) is 17.9 Å². The number of para-hydroxylation sites is 1. The number of carbonyl (C=O) groups is 2. The van der Waals surface area contributed by atoms with Gasteiger partial charge in [-0.2, -0.15) is 0 Å². The van der Waals surface area contributed by atoms with Crippen molar-refractivity contribution in [2.45, 2.75) is 39.2 Å². The third kappa shape index (κ3) is 5.51. The first-order chi connectivity index (χ1) is 13.9. The molecule has 2 N–H and O–H groups in total. The van der Waals surface area contributed by atoms with Crippen LogP contribution in [0, 0.1) is 6.92 Å². The molecule has 0 bridgehead atoms. The summed E-state index contributed by atoms with van der Waals surface area (Å²) in [5.41, 5.74) is 2.16. The van der Waals surface area contributed by atoms with Gasteiger partial charge in [-0.3, -0.25) is 14.4 Å². The predicted molar refractivity (Wildman–Crippen MR) is 111 cm³/mol. The minimum Gasteiger partial charge on any atom is -0.453 e. The standard InChI is InChI=1S/C22H23N3O4/c1-14-10-12-16(13-11-14)23-21(27)15(2)29-20(26)9-5-8-19-24-18-7-4-3-6-17(18)22(28)25-19/h3-4,6-7,10-13,15H,5,8-9H2,1-2H3,(H,23,27)(H,24,25,28)/t15-/m1/s1. The molecule has 0 aliphatic carbocycles. The number of ether oxygens (including phenoxy) is 1. The summed E-state index contributed by atoms with van der Waals surface area (Å²) in [6.45, 7) is 3.49. The number of esters is 1. The fourth-order valence-corrected chi connectivity index (χ4v) is 2.84. The Morgan fingerprint density at radius 3 is 2.62 bits per heavy atom. The van der Waals surface area contributed by atoms with Crippen LogP contribution in [0.25, 0.3) is 10.9 Å². The van der Waals surface area contributed by atoms with Gasteiger partial charge in [0.25, 0.3) is 11.5 Å². The lowest BCUT2D eigenvalue weighted by Crippen LogP contribution is -2.30. The second-order valence-corrected chi connectivity index (χ2v) is 6.87. The molecule has 0 aliphatic rings. The summed E-state index contributed by atoms with van der Waals surface area (Å²) in [4.78, 5) is 43.4. The first kappa shape index (κ1) is 20.3. The van der Waals surface area contributed by atoms with Crippen LogP contribution in [0.4, 0.5) is 5.69 Å². The Bertz CT molecular complexity index is 1070. The van der Waals surface area contributed by atoms with Gasteiger partial charge in [0.15, 0.2) is 6.10 Å². The molecule has 2 aromatic carbocycles. The molecule has 0 saturated heterocycles. The highest BCUT2D eigenvalue weighted by molar-refractivity contribution is 5.95. The summed E-state index contributed by atoms with van der Waals surface area (Å²) in [5.74, 6) is -0.339. The average molecular weight is 393 g/mol. The van der Waals surface area contributed by atoms with Crippen LogP contribution in [0.3, 0.4) is 0 Å². The van der Waals surface area contributed by atoms with E-state index in [2.05, 4.69) is 15.3 Å². The summed E-state index contributed by atoms with van der Waals surface area (Å²) in [7, 11) is 0. The number of hydrogen-bond donors (Lipinski definition) is 2. The highest BCUT2D eigenvalue weighted by atomic mass is 16.5. The fourth-order valence-electron chi connectivity index (χ4n) is 2.84. The van der Waals surface area contributed by atoms with Crippen molar-refractivity contribution in [2.24, 2.45) is 0 Å². The Balaban J connectivity index is 1.47.